The number of aromatic nitrogens is 1. The van der Waals surface area contributed by atoms with Gasteiger partial charge in [-0.05, 0) is 18.1 Å². The number of rotatable bonds is 3. The number of thiazole rings is 1. The molecule has 4 heteroatoms. The van der Waals surface area contributed by atoms with Gasteiger partial charge in [-0.1, -0.05) is 60.7 Å². The number of benzene rings is 2. The molecule has 0 spiro atoms. The van der Waals surface area contributed by atoms with Crippen molar-refractivity contribution in [3.8, 4) is 0 Å². The minimum atomic E-state index is 0.206. The standard InChI is InChI=1S/C19H17N3S/c1-14-13-23-19(20-14)22-18(16-10-6-3-7-11-16)12-17(21-22)15-8-4-2-5-9-15/h2-11,13,18H,12H2,1H3/t18-/m1/s1. The van der Waals surface area contributed by atoms with Gasteiger partial charge in [0.15, 0.2) is 0 Å². The third-order valence-corrected chi connectivity index (χ3v) is 4.95. The topological polar surface area (TPSA) is 28.5 Å². The molecule has 0 saturated carbocycles. The van der Waals surface area contributed by atoms with E-state index in [0.29, 0.717) is 0 Å². The summed E-state index contributed by atoms with van der Waals surface area (Å²) in [4.78, 5) is 4.63. The maximum Gasteiger partial charge on any atom is 0.206 e. The van der Waals surface area contributed by atoms with Crippen molar-refractivity contribution in [1.29, 1.82) is 0 Å². The van der Waals surface area contributed by atoms with Crippen LogP contribution in [0.15, 0.2) is 71.1 Å². The first-order valence-corrected chi connectivity index (χ1v) is 8.58. The van der Waals surface area contributed by atoms with Crippen LogP contribution in [0.4, 0.5) is 5.13 Å². The molecule has 2 aromatic carbocycles. The molecule has 3 aromatic rings. The molecule has 2 heterocycles. The van der Waals surface area contributed by atoms with Gasteiger partial charge in [0.2, 0.25) is 5.13 Å². The second kappa shape index (κ2) is 5.97. The molecular weight excluding hydrogens is 302 g/mol. The van der Waals surface area contributed by atoms with E-state index < -0.39 is 0 Å². The molecular formula is C19H17N3S. The Bertz CT molecular complexity index is 824. The summed E-state index contributed by atoms with van der Waals surface area (Å²) in [5.74, 6) is 0. The van der Waals surface area contributed by atoms with Gasteiger partial charge in [0.25, 0.3) is 0 Å². The summed E-state index contributed by atoms with van der Waals surface area (Å²) in [6.07, 6.45) is 0.895. The van der Waals surface area contributed by atoms with E-state index in [-0.39, 0.29) is 6.04 Å². The van der Waals surface area contributed by atoms with Crippen molar-refractivity contribution in [3.05, 3.63) is 82.9 Å². The summed E-state index contributed by atoms with van der Waals surface area (Å²) < 4.78 is 0. The lowest BCUT2D eigenvalue weighted by atomic mass is 9.99. The van der Waals surface area contributed by atoms with Crippen LogP contribution in [0.2, 0.25) is 0 Å². The maximum atomic E-state index is 4.90. The summed E-state index contributed by atoms with van der Waals surface area (Å²) in [6.45, 7) is 2.02. The summed E-state index contributed by atoms with van der Waals surface area (Å²) in [7, 11) is 0. The minimum absolute atomic E-state index is 0.206. The molecule has 0 N–H and O–H groups in total. The van der Waals surface area contributed by atoms with E-state index >= 15 is 0 Å². The van der Waals surface area contributed by atoms with Crippen molar-refractivity contribution in [1.82, 2.24) is 4.98 Å². The molecule has 1 aliphatic heterocycles. The number of hydrogen-bond donors (Lipinski definition) is 0. The van der Waals surface area contributed by atoms with E-state index in [4.69, 9.17) is 5.10 Å². The lowest BCUT2D eigenvalue weighted by molar-refractivity contribution is 0.705. The molecule has 0 aliphatic carbocycles. The lowest BCUT2D eigenvalue weighted by Gasteiger charge is -2.21. The highest BCUT2D eigenvalue weighted by Crippen LogP contribution is 2.37. The van der Waals surface area contributed by atoms with Gasteiger partial charge < -0.3 is 0 Å². The van der Waals surface area contributed by atoms with Crippen molar-refractivity contribution >= 4 is 22.2 Å². The largest absolute Gasteiger partial charge is 0.231 e. The van der Waals surface area contributed by atoms with Gasteiger partial charge in [0, 0.05) is 11.8 Å². The first-order valence-electron chi connectivity index (χ1n) is 7.70. The Morgan fingerprint density at radius 2 is 1.70 bits per heavy atom. The summed E-state index contributed by atoms with van der Waals surface area (Å²) >= 11 is 1.65. The molecule has 1 aliphatic rings. The van der Waals surface area contributed by atoms with Crippen molar-refractivity contribution in [2.24, 2.45) is 5.10 Å². The minimum Gasteiger partial charge on any atom is -0.231 e. The zero-order chi connectivity index (χ0) is 15.6. The highest BCUT2D eigenvalue weighted by molar-refractivity contribution is 7.13. The van der Waals surface area contributed by atoms with Gasteiger partial charge in [0.1, 0.15) is 0 Å². The highest BCUT2D eigenvalue weighted by Gasteiger charge is 2.31. The van der Waals surface area contributed by atoms with Crippen LogP contribution >= 0.6 is 11.3 Å². The lowest BCUT2D eigenvalue weighted by Crippen LogP contribution is -2.18. The summed E-state index contributed by atoms with van der Waals surface area (Å²) in [6, 6.07) is 21.2. The first-order chi connectivity index (χ1) is 11.3. The first kappa shape index (κ1) is 14.2. The van der Waals surface area contributed by atoms with Crippen molar-refractivity contribution in [2.45, 2.75) is 19.4 Å². The quantitative estimate of drug-likeness (QED) is 0.693. The zero-order valence-corrected chi connectivity index (χ0v) is 13.7. The van der Waals surface area contributed by atoms with Crippen LogP contribution < -0.4 is 5.01 Å². The number of hydrazone groups is 1. The van der Waals surface area contributed by atoms with Gasteiger partial charge in [-0.3, -0.25) is 0 Å². The van der Waals surface area contributed by atoms with E-state index in [1.165, 1.54) is 11.1 Å². The van der Waals surface area contributed by atoms with Crippen molar-refractivity contribution < 1.29 is 0 Å². The molecule has 0 amide bonds. The molecule has 0 unspecified atom stereocenters. The fraction of sp³-hybridized carbons (Fsp3) is 0.158. The Morgan fingerprint density at radius 1 is 1.00 bits per heavy atom. The molecule has 1 aromatic heterocycles. The van der Waals surface area contributed by atoms with E-state index in [2.05, 4.69) is 70.0 Å². The van der Waals surface area contributed by atoms with E-state index in [1.807, 2.05) is 13.0 Å². The van der Waals surface area contributed by atoms with Crippen LogP contribution in [-0.2, 0) is 0 Å². The molecule has 0 bridgehead atoms. The molecule has 0 saturated heterocycles. The predicted molar refractivity (Wildman–Crippen MR) is 96.1 cm³/mol. The zero-order valence-electron chi connectivity index (χ0n) is 12.9. The van der Waals surface area contributed by atoms with Crippen LogP contribution in [0.25, 0.3) is 0 Å². The van der Waals surface area contributed by atoms with E-state index in [9.17, 15) is 0 Å². The SMILES string of the molecule is Cc1csc(N2N=C(c3ccccc3)C[C@@H]2c2ccccc2)n1. The van der Waals surface area contributed by atoms with Gasteiger partial charge >= 0.3 is 0 Å². The summed E-state index contributed by atoms with van der Waals surface area (Å²) in [5.41, 5.74) is 4.62. The maximum absolute atomic E-state index is 4.90. The van der Waals surface area contributed by atoms with Gasteiger partial charge in [-0.25, -0.2) is 9.99 Å². The number of nitrogens with zero attached hydrogens (tertiary/aromatic N) is 3. The molecule has 114 valence electrons. The Hall–Kier alpha value is -2.46. The fourth-order valence-electron chi connectivity index (χ4n) is 2.87. The van der Waals surface area contributed by atoms with E-state index in [0.717, 1.165) is 23.0 Å². The third-order valence-electron chi connectivity index (χ3n) is 4.00. The number of aryl methyl sites for hydroxylation is 1. The van der Waals surface area contributed by atoms with Crippen molar-refractivity contribution in [3.63, 3.8) is 0 Å². The Balaban J connectivity index is 1.75. The Morgan fingerprint density at radius 3 is 2.35 bits per heavy atom. The number of anilines is 1. The van der Waals surface area contributed by atoms with Gasteiger partial charge in [-0.15, -0.1) is 11.3 Å². The number of hydrogen-bond acceptors (Lipinski definition) is 4. The van der Waals surface area contributed by atoms with Crippen molar-refractivity contribution in [2.75, 3.05) is 5.01 Å². The second-order valence-corrected chi connectivity index (χ2v) is 6.50. The average Bonchev–Trinajstić information content (AvgIpc) is 3.23. The van der Waals surface area contributed by atoms with Crippen LogP contribution in [-0.4, -0.2) is 10.7 Å². The Labute approximate surface area is 139 Å². The normalized spacial score (nSPS) is 17.3. The van der Waals surface area contributed by atoms with Gasteiger partial charge in [-0.2, -0.15) is 5.10 Å². The van der Waals surface area contributed by atoms with Crippen LogP contribution in [0, 0.1) is 6.92 Å². The van der Waals surface area contributed by atoms with Crippen LogP contribution in [0.1, 0.15) is 29.3 Å². The monoisotopic (exact) mass is 319 g/mol. The third kappa shape index (κ3) is 2.78. The summed E-state index contributed by atoms with van der Waals surface area (Å²) in [5, 5.41) is 10.0. The highest BCUT2D eigenvalue weighted by atomic mass is 32.1. The fourth-order valence-corrected chi connectivity index (χ4v) is 3.67. The molecule has 0 fully saturated rings. The van der Waals surface area contributed by atoms with Crippen LogP contribution in [0.5, 0.6) is 0 Å². The van der Waals surface area contributed by atoms with Gasteiger partial charge in [0.05, 0.1) is 17.4 Å². The molecule has 3 nitrogen and oxygen atoms in total. The smallest absolute Gasteiger partial charge is 0.206 e. The molecule has 4 rings (SSSR count). The molecule has 1 atom stereocenters. The van der Waals surface area contributed by atoms with E-state index in [1.54, 1.807) is 11.3 Å². The molecule has 23 heavy (non-hydrogen) atoms. The Kier molecular flexibility index (Phi) is 3.67. The second-order valence-electron chi connectivity index (χ2n) is 5.66. The predicted octanol–water partition coefficient (Wildman–Crippen LogP) is 4.81. The average molecular weight is 319 g/mol. The van der Waals surface area contributed by atoms with Crippen LogP contribution in [0.3, 0.4) is 0 Å². The molecule has 0 radical (unpaired) electrons.